The molecule has 0 unspecified atom stereocenters. The van der Waals surface area contributed by atoms with E-state index < -0.39 is 5.97 Å². The molecule has 2 heterocycles. The lowest BCUT2D eigenvalue weighted by molar-refractivity contribution is 0.0688. The van der Waals surface area contributed by atoms with E-state index in [0.717, 1.165) is 0 Å². The first-order valence-electron chi connectivity index (χ1n) is 6.30. The Kier molecular flexibility index (Phi) is 4.83. The molecule has 2 rings (SSSR count). The second-order valence-electron chi connectivity index (χ2n) is 4.26. The van der Waals surface area contributed by atoms with Crippen LogP contribution in [0.5, 0.6) is 5.88 Å². The topological polar surface area (TPSA) is 99.4 Å². The van der Waals surface area contributed by atoms with Crippen LogP contribution in [0.2, 0.25) is 0 Å². The Morgan fingerprint density at radius 3 is 2.86 bits per heavy atom. The summed E-state index contributed by atoms with van der Waals surface area (Å²) in [5, 5.41) is 16.7. The fraction of sp³-hybridized carbons (Fsp3) is 0.385. The lowest BCUT2D eigenvalue weighted by Crippen LogP contribution is -2.12. The molecule has 0 saturated carbocycles. The van der Waals surface area contributed by atoms with E-state index in [9.17, 15) is 4.79 Å². The molecule has 0 atom stereocenters. The Labute approximate surface area is 121 Å². The molecule has 0 bridgehead atoms. The zero-order chi connectivity index (χ0) is 15.2. The normalized spacial score (nSPS) is 10.6. The summed E-state index contributed by atoms with van der Waals surface area (Å²) < 4.78 is 11.6. The largest absolute Gasteiger partial charge is 0.481 e. The van der Waals surface area contributed by atoms with Crippen LogP contribution in [0.1, 0.15) is 21.9 Å². The number of aromatic carboxylic acids is 1. The zero-order valence-electron chi connectivity index (χ0n) is 11.8. The van der Waals surface area contributed by atoms with E-state index in [4.69, 9.17) is 14.6 Å². The highest BCUT2D eigenvalue weighted by molar-refractivity contribution is 5.86. The zero-order valence-corrected chi connectivity index (χ0v) is 11.8. The molecule has 0 aromatic carbocycles. The highest BCUT2D eigenvalue weighted by atomic mass is 16.5. The molecule has 0 saturated heterocycles. The van der Waals surface area contributed by atoms with E-state index in [1.165, 1.54) is 11.8 Å². The number of carboxylic acids is 1. The summed E-state index contributed by atoms with van der Waals surface area (Å²) in [4.78, 5) is 15.4. The summed E-state index contributed by atoms with van der Waals surface area (Å²) in [6, 6.07) is 5.36. The smallest absolute Gasteiger partial charge is 0.358 e. The van der Waals surface area contributed by atoms with Crippen molar-refractivity contribution in [3.63, 3.8) is 0 Å². The van der Waals surface area contributed by atoms with Crippen LogP contribution in [0.25, 0.3) is 0 Å². The van der Waals surface area contributed by atoms with Crippen molar-refractivity contribution < 1.29 is 19.4 Å². The molecule has 0 aliphatic heterocycles. The van der Waals surface area contributed by atoms with Crippen LogP contribution in [0.3, 0.4) is 0 Å². The Hall–Kier alpha value is -2.48. The van der Waals surface area contributed by atoms with Gasteiger partial charge in [0.1, 0.15) is 0 Å². The van der Waals surface area contributed by atoms with Gasteiger partial charge in [-0.3, -0.25) is 0 Å². The summed E-state index contributed by atoms with van der Waals surface area (Å²) in [6.07, 6.45) is 0.412. The van der Waals surface area contributed by atoms with Gasteiger partial charge in [-0.1, -0.05) is 11.3 Å². The van der Waals surface area contributed by atoms with Crippen LogP contribution in [0.4, 0.5) is 0 Å². The number of aromatic nitrogens is 4. The standard InChI is InChI=1S/C13H16N4O4/c1-20-7-6-10-12(13(18)19)15-16-17(10)8-9-4-3-5-11(14-9)21-2/h3-5H,6-8H2,1-2H3,(H,18,19). The van der Waals surface area contributed by atoms with Crippen molar-refractivity contribution >= 4 is 5.97 Å². The molecular formula is C13H16N4O4. The number of nitrogens with zero attached hydrogens (tertiary/aromatic N) is 4. The third kappa shape index (κ3) is 3.54. The third-order valence-corrected chi connectivity index (χ3v) is 2.89. The minimum atomic E-state index is -1.11. The molecular weight excluding hydrogens is 276 g/mol. The van der Waals surface area contributed by atoms with Crippen molar-refractivity contribution in [1.82, 2.24) is 20.0 Å². The van der Waals surface area contributed by atoms with Crippen LogP contribution in [0.15, 0.2) is 18.2 Å². The molecule has 0 aliphatic carbocycles. The molecule has 21 heavy (non-hydrogen) atoms. The fourth-order valence-electron chi connectivity index (χ4n) is 1.88. The maximum absolute atomic E-state index is 11.2. The van der Waals surface area contributed by atoms with E-state index in [0.29, 0.717) is 36.8 Å². The number of pyridine rings is 1. The van der Waals surface area contributed by atoms with E-state index in [2.05, 4.69) is 15.3 Å². The molecule has 0 radical (unpaired) electrons. The molecule has 0 aliphatic rings. The van der Waals surface area contributed by atoms with Crippen LogP contribution in [0, 0.1) is 0 Å². The fourth-order valence-corrected chi connectivity index (χ4v) is 1.88. The summed E-state index contributed by atoms with van der Waals surface area (Å²) in [6.45, 7) is 0.704. The first-order valence-corrected chi connectivity index (χ1v) is 6.30. The lowest BCUT2D eigenvalue weighted by atomic mass is 10.2. The van der Waals surface area contributed by atoms with Gasteiger partial charge >= 0.3 is 5.97 Å². The van der Waals surface area contributed by atoms with Gasteiger partial charge in [0.15, 0.2) is 5.69 Å². The molecule has 0 amide bonds. The number of rotatable bonds is 7. The van der Waals surface area contributed by atoms with Gasteiger partial charge < -0.3 is 14.6 Å². The van der Waals surface area contributed by atoms with Crippen molar-refractivity contribution in [2.75, 3.05) is 20.8 Å². The summed E-state index contributed by atoms with van der Waals surface area (Å²) >= 11 is 0. The quantitative estimate of drug-likeness (QED) is 0.798. The Morgan fingerprint density at radius 1 is 1.38 bits per heavy atom. The molecule has 0 spiro atoms. The van der Waals surface area contributed by atoms with Crippen molar-refractivity contribution in [3.8, 4) is 5.88 Å². The summed E-state index contributed by atoms with van der Waals surface area (Å²) in [5.41, 5.74) is 1.15. The van der Waals surface area contributed by atoms with Gasteiger partial charge in [-0.25, -0.2) is 14.5 Å². The van der Waals surface area contributed by atoms with Crippen molar-refractivity contribution in [1.29, 1.82) is 0 Å². The second kappa shape index (κ2) is 6.80. The van der Waals surface area contributed by atoms with E-state index in [1.807, 2.05) is 12.1 Å². The summed E-state index contributed by atoms with van der Waals surface area (Å²) in [7, 11) is 3.09. The van der Waals surface area contributed by atoms with Crippen LogP contribution < -0.4 is 4.74 Å². The number of hydrogen-bond acceptors (Lipinski definition) is 6. The number of carbonyl (C=O) groups is 1. The number of hydrogen-bond donors (Lipinski definition) is 1. The van der Waals surface area contributed by atoms with Crippen LogP contribution in [-0.2, 0) is 17.7 Å². The van der Waals surface area contributed by atoms with Crippen molar-refractivity contribution in [3.05, 3.63) is 35.3 Å². The van der Waals surface area contributed by atoms with Gasteiger partial charge in [0.25, 0.3) is 0 Å². The molecule has 8 heteroatoms. The molecule has 1 N–H and O–H groups in total. The predicted octanol–water partition coefficient (Wildman–Crippen LogP) is 0.617. The van der Waals surface area contributed by atoms with Crippen molar-refractivity contribution in [2.24, 2.45) is 0 Å². The van der Waals surface area contributed by atoms with E-state index in [1.54, 1.807) is 13.2 Å². The second-order valence-corrected chi connectivity index (χ2v) is 4.26. The highest BCUT2D eigenvalue weighted by Crippen LogP contribution is 2.12. The average Bonchev–Trinajstić information content (AvgIpc) is 2.88. The minimum absolute atomic E-state index is 0.0602. The highest BCUT2D eigenvalue weighted by Gasteiger charge is 2.19. The molecule has 2 aromatic rings. The Balaban J connectivity index is 2.27. The summed E-state index contributed by atoms with van der Waals surface area (Å²) in [5.74, 6) is -0.615. The van der Waals surface area contributed by atoms with Gasteiger partial charge in [0, 0.05) is 19.6 Å². The lowest BCUT2D eigenvalue weighted by Gasteiger charge is -2.07. The van der Waals surface area contributed by atoms with Gasteiger partial charge in [-0.15, -0.1) is 5.10 Å². The van der Waals surface area contributed by atoms with Crippen LogP contribution in [-0.4, -0.2) is 51.9 Å². The monoisotopic (exact) mass is 292 g/mol. The molecule has 0 fully saturated rings. The van der Waals surface area contributed by atoms with Crippen molar-refractivity contribution in [2.45, 2.75) is 13.0 Å². The van der Waals surface area contributed by atoms with Crippen LogP contribution >= 0.6 is 0 Å². The molecule has 8 nitrogen and oxygen atoms in total. The first kappa shape index (κ1) is 14.9. The average molecular weight is 292 g/mol. The number of ether oxygens (including phenoxy) is 2. The van der Waals surface area contributed by atoms with E-state index >= 15 is 0 Å². The maximum atomic E-state index is 11.2. The minimum Gasteiger partial charge on any atom is -0.481 e. The predicted molar refractivity (Wildman–Crippen MR) is 72.5 cm³/mol. The van der Waals surface area contributed by atoms with Gasteiger partial charge in [-0.2, -0.15) is 0 Å². The first-order chi connectivity index (χ1) is 10.2. The SMILES string of the molecule is COCCc1c(C(=O)O)nnn1Cc1cccc(OC)n1. The Bertz CT molecular complexity index is 626. The van der Waals surface area contributed by atoms with Gasteiger partial charge in [-0.05, 0) is 6.07 Å². The molecule has 112 valence electrons. The van der Waals surface area contributed by atoms with Gasteiger partial charge in [0.2, 0.25) is 5.88 Å². The molecule has 2 aromatic heterocycles. The number of carboxylic acid groups (broad SMARTS) is 1. The third-order valence-electron chi connectivity index (χ3n) is 2.89. The number of methoxy groups -OCH3 is 2. The van der Waals surface area contributed by atoms with Gasteiger partial charge in [0.05, 0.1) is 31.6 Å². The van der Waals surface area contributed by atoms with E-state index in [-0.39, 0.29) is 5.69 Å². The maximum Gasteiger partial charge on any atom is 0.358 e. The Morgan fingerprint density at radius 2 is 2.19 bits per heavy atom.